The summed E-state index contributed by atoms with van der Waals surface area (Å²) in [7, 11) is 2.09. The Hall–Kier alpha value is -1.10. The molecule has 5 heteroatoms. The molecule has 0 saturated heterocycles. The molecule has 0 spiro atoms. The minimum absolute atomic E-state index is 0. The van der Waals surface area contributed by atoms with E-state index in [0.717, 1.165) is 6.42 Å². The van der Waals surface area contributed by atoms with Crippen LogP contribution in [0.15, 0.2) is 0 Å². The van der Waals surface area contributed by atoms with Gasteiger partial charge < -0.3 is 20.0 Å². The summed E-state index contributed by atoms with van der Waals surface area (Å²) < 4.78 is 4.65. The summed E-state index contributed by atoms with van der Waals surface area (Å²) in [6.07, 6.45) is 3.42. The van der Waals surface area contributed by atoms with Crippen LogP contribution in [0.4, 0.5) is 0 Å². The third kappa shape index (κ3) is 38.3. The molecule has 0 heterocycles. The maximum Gasteiger partial charge on any atom is 0.302 e. The van der Waals surface area contributed by atoms with Crippen LogP contribution < -0.4 is 10.4 Å². The van der Waals surface area contributed by atoms with Gasteiger partial charge in [-0.25, -0.2) is 0 Å². The van der Waals surface area contributed by atoms with Crippen LogP contribution in [0.5, 0.6) is 0 Å². The smallest absolute Gasteiger partial charge is 0.302 e. The Kier molecular flexibility index (Phi) is 30.8. The number of hydrogen-bond donors (Lipinski definition) is 1. The number of carbonyl (C=O) groups excluding carboxylic acids is 2. The van der Waals surface area contributed by atoms with Gasteiger partial charge in [0.2, 0.25) is 0 Å². The van der Waals surface area contributed by atoms with Crippen molar-refractivity contribution >= 4 is 11.9 Å². The van der Waals surface area contributed by atoms with E-state index in [2.05, 4.69) is 24.0 Å². The second-order valence-electron chi connectivity index (χ2n) is 3.72. The number of unbranched alkanes of at least 4 members (excludes halogenated alkanes) is 2. The van der Waals surface area contributed by atoms with Crippen molar-refractivity contribution in [3.63, 3.8) is 0 Å². The van der Waals surface area contributed by atoms with Crippen molar-refractivity contribution in [3.8, 4) is 0 Å². The number of ether oxygens (including phenoxy) is 1. The van der Waals surface area contributed by atoms with Gasteiger partial charge in [0.1, 0.15) is 0 Å². The fourth-order valence-corrected chi connectivity index (χ4v) is 1.05. The number of carbonyl (C=O) groups is 2. The second-order valence-corrected chi connectivity index (χ2v) is 3.72. The van der Waals surface area contributed by atoms with Gasteiger partial charge in [-0.1, -0.05) is 21.8 Å². The molecule has 0 radical (unpaired) electrons. The number of esters is 1. The van der Waals surface area contributed by atoms with Gasteiger partial charge in [-0.3, -0.25) is 4.79 Å². The van der Waals surface area contributed by atoms with E-state index in [1.54, 1.807) is 0 Å². The summed E-state index contributed by atoms with van der Waals surface area (Å²) in [5.74, 6) is -1.32. The molecule has 2 N–H and O–H groups in total. The molecule has 0 bridgehead atoms. The Morgan fingerprint density at radius 2 is 1.74 bits per heavy atom. The number of aliphatic carboxylic acids is 1. The summed E-state index contributed by atoms with van der Waals surface area (Å²) in [5.41, 5.74) is 0. The number of carboxylic acids is 1. The first-order valence-corrected chi connectivity index (χ1v) is 6.15. The Labute approximate surface area is 118 Å². The first kappa shape index (κ1) is 26.5. The van der Waals surface area contributed by atoms with Crippen LogP contribution in [0, 0.1) is 0 Å². The van der Waals surface area contributed by atoms with Crippen LogP contribution in [0.3, 0.4) is 0 Å². The van der Waals surface area contributed by atoms with Crippen LogP contribution in [-0.2, 0) is 14.3 Å². The maximum absolute atomic E-state index is 10.3. The fraction of sp³-hybridized carbons (Fsp3) is 0.857. The molecular formula is C14H33NO4. The number of quaternary nitrogens is 1. The average Bonchev–Trinajstić information content (AvgIpc) is 2.24. The largest absolute Gasteiger partial charge is 0.550 e. The highest BCUT2D eigenvalue weighted by atomic mass is 16.5. The molecule has 0 unspecified atom stereocenters. The van der Waals surface area contributed by atoms with Crippen molar-refractivity contribution in [2.24, 2.45) is 0 Å². The lowest BCUT2D eigenvalue weighted by Crippen LogP contribution is -2.79. The molecule has 0 aromatic heterocycles. The van der Waals surface area contributed by atoms with E-state index in [1.165, 1.54) is 19.9 Å². The number of carboxylic acid groups (broad SMARTS) is 1. The van der Waals surface area contributed by atoms with Crippen molar-refractivity contribution in [2.45, 2.75) is 60.8 Å². The molecule has 0 rings (SSSR count). The Morgan fingerprint density at radius 3 is 2.05 bits per heavy atom. The van der Waals surface area contributed by atoms with Crippen molar-refractivity contribution in [1.29, 1.82) is 0 Å². The number of rotatable bonds is 8. The highest BCUT2D eigenvalue weighted by molar-refractivity contribution is 5.65. The second kappa shape index (κ2) is 22.1. The van der Waals surface area contributed by atoms with E-state index in [4.69, 9.17) is 0 Å². The zero-order valence-electron chi connectivity index (χ0n) is 11.2. The molecule has 0 aliphatic carbocycles. The predicted molar refractivity (Wildman–Crippen MR) is 76.6 cm³/mol. The summed E-state index contributed by atoms with van der Waals surface area (Å²) >= 11 is 0. The Balaban J connectivity index is -0.000000139. The first-order valence-electron chi connectivity index (χ1n) is 6.15. The van der Waals surface area contributed by atoms with Gasteiger partial charge in [-0.2, -0.15) is 0 Å². The van der Waals surface area contributed by atoms with Gasteiger partial charge in [0.05, 0.1) is 20.2 Å². The molecule has 0 atom stereocenters. The lowest BCUT2D eigenvalue weighted by molar-refractivity contribution is -0.626. The summed E-state index contributed by atoms with van der Waals surface area (Å²) in [6.45, 7) is 5.17. The van der Waals surface area contributed by atoms with E-state index in [9.17, 15) is 14.7 Å². The molecule has 19 heavy (non-hydrogen) atoms. The third-order valence-corrected chi connectivity index (χ3v) is 1.91. The lowest BCUT2D eigenvalue weighted by atomic mass is 10.2. The molecular weight excluding hydrogens is 246 g/mol. The van der Waals surface area contributed by atoms with Gasteiger partial charge in [0, 0.05) is 12.9 Å². The Bertz CT molecular complexity index is 176. The maximum atomic E-state index is 10.3. The molecule has 0 aromatic rings. The third-order valence-electron chi connectivity index (χ3n) is 1.91. The molecule has 0 aliphatic rings. The molecule has 0 aromatic carbocycles. The van der Waals surface area contributed by atoms with Crippen molar-refractivity contribution < 1.29 is 24.7 Å². The first-order chi connectivity index (χ1) is 8.04. The van der Waals surface area contributed by atoms with Gasteiger partial charge in [0.25, 0.3) is 0 Å². The van der Waals surface area contributed by atoms with E-state index < -0.39 is 5.97 Å². The Morgan fingerprint density at radius 1 is 1.16 bits per heavy atom. The molecule has 0 fully saturated rings. The van der Waals surface area contributed by atoms with Crippen LogP contribution in [0.2, 0.25) is 0 Å². The normalized spacial score (nSPS) is 8.16. The summed E-state index contributed by atoms with van der Waals surface area (Å²) in [5, 5.41) is 12.1. The average molecular weight is 279 g/mol. The molecule has 118 valence electrons. The van der Waals surface area contributed by atoms with Crippen molar-refractivity contribution in [2.75, 3.05) is 20.2 Å². The van der Waals surface area contributed by atoms with Gasteiger partial charge in [0.15, 0.2) is 0 Å². The summed E-state index contributed by atoms with van der Waals surface area (Å²) in [4.78, 5) is 20.2. The fourth-order valence-electron chi connectivity index (χ4n) is 1.05. The van der Waals surface area contributed by atoms with E-state index in [-0.39, 0.29) is 27.2 Å². The quantitative estimate of drug-likeness (QED) is 0.524. The minimum atomic E-state index is -1.03. The van der Waals surface area contributed by atoms with E-state index in [0.29, 0.717) is 19.4 Å². The minimum Gasteiger partial charge on any atom is -0.550 e. The zero-order chi connectivity index (χ0) is 13.5. The van der Waals surface area contributed by atoms with Crippen molar-refractivity contribution in [1.82, 2.24) is 0 Å². The van der Waals surface area contributed by atoms with Crippen LogP contribution in [0.25, 0.3) is 0 Å². The topological polar surface area (TPSA) is 83.0 Å². The van der Waals surface area contributed by atoms with Crippen LogP contribution in [-0.4, -0.2) is 32.1 Å². The van der Waals surface area contributed by atoms with Gasteiger partial charge in [-0.15, -0.1) is 0 Å². The number of nitrogens with two attached hydrogens (primary N) is 1. The predicted octanol–water partition coefficient (Wildman–Crippen LogP) is 0.722. The lowest BCUT2D eigenvalue weighted by Gasteiger charge is -2.02. The molecule has 0 aliphatic heterocycles. The van der Waals surface area contributed by atoms with Crippen LogP contribution >= 0.6 is 0 Å². The zero-order valence-corrected chi connectivity index (χ0v) is 11.2. The molecule has 0 amide bonds. The van der Waals surface area contributed by atoms with E-state index in [1.807, 2.05) is 0 Å². The number of hydrogen-bond acceptors (Lipinski definition) is 4. The van der Waals surface area contributed by atoms with Crippen molar-refractivity contribution in [3.05, 3.63) is 0 Å². The van der Waals surface area contributed by atoms with Gasteiger partial charge in [-0.05, 0) is 32.1 Å². The highest BCUT2D eigenvalue weighted by Crippen LogP contribution is 1.98. The highest BCUT2D eigenvalue weighted by Gasteiger charge is 1.93. The SMILES string of the molecule is C.C.CC(=O)OCCCCCC(=O)[O-].CCC[NH2+]C. The molecule has 5 nitrogen and oxygen atoms in total. The van der Waals surface area contributed by atoms with E-state index >= 15 is 0 Å². The standard InChI is InChI=1S/C8H14O4.C4H11N.2CH4/c1-7(9)12-6-4-2-3-5-8(10)11;1-3-4-5-2;;/h2-6H2,1H3,(H,10,11);5H,3-4H2,1-2H3;2*1H4. The molecule has 0 saturated carbocycles. The monoisotopic (exact) mass is 279 g/mol. The van der Waals surface area contributed by atoms with Crippen LogP contribution in [0.1, 0.15) is 60.8 Å². The summed E-state index contributed by atoms with van der Waals surface area (Å²) in [6, 6.07) is 0. The van der Waals surface area contributed by atoms with Gasteiger partial charge >= 0.3 is 5.97 Å².